The van der Waals surface area contributed by atoms with Crippen LogP contribution in [0.1, 0.15) is 17.3 Å². The van der Waals surface area contributed by atoms with Crippen LogP contribution in [0.25, 0.3) is 0 Å². The summed E-state index contributed by atoms with van der Waals surface area (Å²) in [5.41, 5.74) is 0.895. The number of hydrogen-bond donors (Lipinski definition) is 3. The lowest BCUT2D eigenvalue weighted by atomic mass is 10.1. The van der Waals surface area contributed by atoms with Crippen molar-refractivity contribution < 1.29 is 19.5 Å². The van der Waals surface area contributed by atoms with E-state index in [2.05, 4.69) is 10.6 Å². The van der Waals surface area contributed by atoms with Crippen molar-refractivity contribution in [3.63, 3.8) is 0 Å². The predicted molar refractivity (Wildman–Crippen MR) is 70.4 cm³/mol. The first-order valence-corrected chi connectivity index (χ1v) is 6.56. The summed E-state index contributed by atoms with van der Waals surface area (Å²) in [5.74, 6) is -1.35. The molecule has 1 aromatic rings. The van der Waals surface area contributed by atoms with Gasteiger partial charge in [0.2, 0.25) is 5.91 Å². The van der Waals surface area contributed by atoms with Crippen molar-refractivity contribution in [1.82, 2.24) is 5.32 Å². The molecule has 1 heterocycles. The summed E-state index contributed by atoms with van der Waals surface area (Å²) < 4.78 is 0. The van der Waals surface area contributed by atoms with Gasteiger partial charge in [0.25, 0.3) is 5.91 Å². The first kappa shape index (κ1) is 13.4. The number of aliphatic carboxylic acids is 1. The number of hydrogen-bond acceptors (Lipinski definition) is 4. The van der Waals surface area contributed by atoms with Crippen LogP contribution in [0.2, 0.25) is 0 Å². The standard InChI is InChI=1S/C12H12N2O4S/c1-6(12(17)18)13-11(16)7-2-3-9-8(4-7)14-10(15)5-19-9/h2-4,6H,5H2,1H3,(H,13,16)(H,14,15)(H,17,18)/t6-/m0/s1. The SMILES string of the molecule is C[C@H](NC(=O)c1ccc2c(c1)NC(=O)CS2)C(=O)O. The normalized spacial score (nSPS) is 15.1. The van der Waals surface area contributed by atoms with Gasteiger partial charge in [-0.1, -0.05) is 0 Å². The smallest absolute Gasteiger partial charge is 0.325 e. The number of benzene rings is 1. The monoisotopic (exact) mass is 280 g/mol. The molecule has 0 radical (unpaired) electrons. The Morgan fingerprint density at radius 1 is 1.47 bits per heavy atom. The third kappa shape index (κ3) is 3.05. The number of fused-ring (bicyclic) bond motifs is 1. The van der Waals surface area contributed by atoms with Crippen LogP contribution in [0, 0.1) is 0 Å². The van der Waals surface area contributed by atoms with Crippen LogP contribution < -0.4 is 10.6 Å². The highest BCUT2D eigenvalue weighted by Gasteiger charge is 2.19. The third-order valence-electron chi connectivity index (χ3n) is 2.59. The molecule has 0 saturated heterocycles. The second-order valence-electron chi connectivity index (χ2n) is 4.08. The summed E-state index contributed by atoms with van der Waals surface area (Å²) in [4.78, 5) is 34.7. The van der Waals surface area contributed by atoms with E-state index in [4.69, 9.17) is 5.11 Å². The molecule has 100 valence electrons. The van der Waals surface area contributed by atoms with Crippen LogP contribution in [-0.4, -0.2) is 34.7 Å². The summed E-state index contributed by atoms with van der Waals surface area (Å²) in [6.45, 7) is 1.39. The van der Waals surface area contributed by atoms with E-state index in [-0.39, 0.29) is 5.91 Å². The molecule has 0 aliphatic carbocycles. The predicted octanol–water partition coefficient (Wildman–Crippen LogP) is 0.934. The average Bonchev–Trinajstić information content (AvgIpc) is 2.37. The fraction of sp³-hybridized carbons (Fsp3) is 0.250. The molecule has 0 bridgehead atoms. The Kier molecular flexibility index (Phi) is 3.75. The van der Waals surface area contributed by atoms with Crippen LogP contribution in [0.3, 0.4) is 0 Å². The van der Waals surface area contributed by atoms with Crippen LogP contribution >= 0.6 is 11.8 Å². The summed E-state index contributed by atoms with van der Waals surface area (Å²) in [7, 11) is 0. The lowest BCUT2D eigenvalue weighted by Crippen LogP contribution is -2.38. The number of thioether (sulfide) groups is 1. The van der Waals surface area contributed by atoms with Crippen molar-refractivity contribution in [2.24, 2.45) is 0 Å². The zero-order valence-corrected chi connectivity index (χ0v) is 10.9. The largest absolute Gasteiger partial charge is 0.480 e. The van der Waals surface area contributed by atoms with Crippen molar-refractivity contribution in [3.8, 4) is 0 Å². The minimum absolute atomic E-state index is 0.117. The first-order chi connectivity index (χ1) is 8.97. The number of nitrogens with one attached hydrogen (secondary N) is 2. The van der Waals surface area contributed by atoms with E-state index in [1.165, 1.54) is 18.7 Å². The number of anilines is 1. The molecule has 0 fully saturated rings. The molecular formula is C12H12N2O4S. The van der Waals surface area contributed by atoms with Gasteiger partial charge in [-0.15, -0.1) is 11.8 Å². The van der Waals surface area contributed by atoms with E-state index in [1.807, 2.05) is 0 Å². The molecule has 6 nitrogen and oxygen atoms in total. The molecule has 2 rings (SSSR count). The number of carboxylic acids is 1. The molecule has 19 heavy (non-hydrogen) atoms. The summed E-state index contributed by atoms with van der Waals surface area (Å²) in [5, 5.41) is 13.8. The third-order valence-corrected chi connectivity index (χ3v) is 3.67. The molecule has 7 heteroatoms. The van der Waals surface area contributed by atoms with Crippen molar-refractivity contribution in [1.29, 1.82) is 0 Å². The highest BCUT2D eigenvalue weighted by atomic mass is 32.2. The molecule has 0 spiro atoms. The molecule has 1 aromatic carbocycles. The fourth-order valence-corrected chi connectivity index (χ4v) is 2.35. The minimum Gasteiger partial charge on any atom is -0.480 e. The minimum atomic E-state index is -1.10. The maximum Gasteiger partial charge on any atom is 0.325 e. The summed E-state index contributed by atoms with van der Waals surface area (Å²) in [6.07, 6.45) is 0. The van der Waals surface area contributed by atoms with Crippen LogP contribution in [0.4, 0.5) is 5.69 Å². The molecule has 1 atom stereocenters. The van der Waals surface area contributed by atoms with Gasteiger partial charge >= 0.3 is 5.97 Å². The fourth-order valence-electron chi connectivity index (χ4n) is 1.57. The maximum atomic E-state index is 11.8. The Morgan fingerprint density at radius 3 is 2.89 bits per heavy atom. The van der Waals surface area contributed by atoms with E-state index in [1.54, 1.807) is 18.2 Å². The van der Waals surface area contributed by atoms with Gasteiger partial charge in [-0.3, -0.25) is 14.4 Å². The van der Waals surface area contributed by atoms with Gasteiger partial charge in [-0.05, 0) is 25.1 Å². The first-order valence-electron chi connectivity index (χ1n) is 5.58. The lowest BCUT2D eigenvalue weighted by molar-refractivity contribution is -0.138. The van der Waals surface area contributed by atoms with Crippen molar-refractivity contribution in [2.75, 3.05) is 11.1 Å². The van der Waals surface area contributed by atoms with Crippen molar-refractivity contribution in [3.05, 3.63) is 23.8 Å². The summed E-state index contributed by atoms with van der Waals surface area (Å²) in [6, 6.07) is 3.92. The Balaban J connectivity index is 2.17. The van der Waals surface area contributed by atoms with Crippen molar-refractivity contribution in [2.45, 2.75) is 17.9 Å². The maximum absolute atomic E-state index is 11.8. The average molecular weight is 280 g/mol. The van der Waals surface area contributed by atoms with Gasteiger partial charge in [-0.2, -0.15) is 0 Å². The van der Waals surface area contributed by atoms with E-state index in [0.717, 1.165) is 4.90 Å². The molecule has 2 amide bonds. The molecule has 1 aliphatic rings. The van der Waals surface area contributed by atoms with E-state index < -0.39 is 17.9 Å². The highest BCUT2D eigenvalue weighted by Crippen LogP contribution is 2.31. The number of amides is 2. The molecular weight excluding hydrogens is 268 g/mol. The Hall–Kier alpha value is -2.02. The van der Waals surface area contributed by atoms with E-state index >= 15 is 0 Å². The second kappa shape index (κ2) is 5.31. The number of rotatable bonds is 3. The van der Waals surface area contributed by atoms with E-state index in [0.29, 0.717) is 17.0 Å². The second-order valence-corrected chi connectivity index (χ2v) is 5.10. The van der Waals surface area contributed by atoms with Gasteiger partial charge in [0.15, 0.2) is 0 Å². The van der Waals surface area contributed by atoms with Crippen molar-refractivity contribution >= 4 is 35.2 Å². The van der Waals surface area contributed by atoms with Gasteiger partial charge in [0.1, 0.15) is 6.04 Å². The number of carbonyl (C=O) groups excluding carboxylic acids is 2. The van der Waals surface area contributed by atoms with Gasteiger partial charge in [0.05, 0.1) is 11.4 Å². The lowest BCUT2D eigenvalue weighted by Gasteiger charge is -2.17. The quantitative estimate of drug-likeness (QED) is 0.765. The molecule has 0 saturated carbocycles. The zero-order chi connectivity index (χ0) is 14.0. The Labute approximate surface area is 113 Å². The van der Waals surface area contributed by atoms with Crippen LogP contribution in [0.15, 0.2) is 23.1 Å². The van der Waals surface area contributed by atoms with Crippen LogP contribution in [0.5, 0.6) is 0 Å². The molecule has 3 N–H and O–H groups in total. The number of carboxylic acid groups (broad SMARTS) is 1. The molecule has 0 unspecified atom stereocenters. The van der Waals surface area contributed by atoms with Crippen LogP contribution in [-0.2, 0) is 9.59 Å². The zero-order valence-electron chi connectivity index (χ0n) is 10.1. The topological polar surface area (TPSA) is 95.5 Å². The van der Waals surface area contributed by atoms with Gasteiger partial charge in [-0.25, -0.2) is 0 Å². The summed E-state index contributed by atoms with van der Waals surface area (Å²) >= 11 is 1.40. The van der Waals surface area contributed by atoms with E-state index in [9.17, 15) is 14.4 Å². The Bertz CT molecular complexity index is 559. The molecule has 0 aromatic heterocycles. The highest BCUT2D eigenvalue weighted by molar-refractivity contribution is 8.00. The molecule has 1 aliphatic heterocycles. The van der Waals surface area contributed by atoms with Gasteiger partial charge < -0.3 is 15.7 Å². The number of carbonyl (C=O) groups is 3. The Morgan fingerprint density at radius 2 is 2.21 bits per heavy atom. The van der Waals surface area contributed by atoms with Gasteiger partial charge in [0, 0.05) is 10.5 Å².